The number of hydrogen-bond acceptors (Lipinski definition) is 5. The first kappa shape index (κ1) is 16.2. The molecule has 1 aliphatic heterocycles. The van der Waals surface area contributed by atoms with Crippen LogP contribution in [0, 0.1) is 5.92 Å². The minimum absolute atomic E-state index is 0.226. The van der Waals surface area contributed by atoms with Crippen molar-refractivity contribution in [1.82, 2.24) is 9.88 Å². The van der Waals surface area contributed by atoms with Gasteiger partial charge in [-0.25, -0.2) is 4.98 Å². The SMILES string of the molecule is CCN(CC)c1ncc(CN2CC(C(=O)O)CCC2C)s1. The van der Waals surface area contributed by atoms with Gasteiger partial charge < -0.3 is 10.0 Å². The Balaban J connectivity index is 2.01. The molecule has 2 unspecified atom stereocenters. The number of carboxylic acid groups (broad SMARTS) is 1. The molecule has 1 N–H and O–H groups in total. The van der Waals surface area contributed by atoms with Gasteiger partial charge in [-0.3, -0.25) is 9.69 Å². The van der Waals surface area contributed by atoms with E-state index >= 15 is 0 Å². The third-order valence-electron chi connectivity index (χ3n) is 4.29. The molecule has 1 saturated heterocycles. The summed E-state index contributed by atoms with van der Waals surface area (Å²) in [6.45, 7) is 9.84. The maximum atomic E-state index is 11.2. The van der Waals surface area contributed by atoms with Crippen LogP contribution in [0.3, 0.4) is 0 Å². The maximum Gasteiger partial charge on any atom is 0.307 e. The molecular formula is C15H25N3O2S. The normalized spacial score (nSPS) is 23.2. The summed E-state index contributed by atoms with van der Waals surface area (Å²) in [5, 5.41) is 10.3. The van der Waals surface area contributed by atoms with Crippen LogP contribution in [0.2, 0.25) is 0 Å². The van der Waals surface area contributed by atoms with Gasteiger partial charge in [-0.2, -0.15) is 0 Å². The molecule has 118 valence electrons. The van der Waals surface area contributed by atoms with E-state index in [9.17, 15) is 9.90 Å². The highest BCUT2D eigenvalue weighted by molar-refractivity contribution is 7.15. The van der Waals surface area contributed by atoms with Gasteiger partial charge in [-0.1, -0.05) is 0 Å². The van der Waals surface area contributed by atoms with Crippen LogP contribution in [-0.2, 0) is 11.3 Å². The molecule has 6 heteroatoms. The minimum Gasteiger partial charge on any atom is -0.481 e. The average molecular weight is 311 g/mol. The predicted octanol–water partition coefficient (Wildman–Crippen LogP) is 2.67. The highest BCUT2D eigenvalue weighted by atomic mass is 32.1. The fourth-order valence-corrected chi connectivity index (χ4v) is 3.87. The molecule has 21 heavy (non-hydrogen) atoms. The number of nitrogens with zero attached hydrogens (tertiary/aromatic N) is 3. The molecule has 0 bridgehead atoms. The van der Waals surface area contributed by atoms with Crippen LogP contribution >= 0.6 is 11.3 Å². The molecule has 2 atom stereocenters. The lowest BCUT2D eigenvalue weighted by Gasteiger charge is -2.36. The summed E-state index contributed by atoms with van der Waals surface area (Å²) < 4.78 is 0. The van der Waals surface area contributed by atoms with Crippen LogP contribution in [0.15, 0.2) is 6.20 Å². The van der Waals surface area contributed by atoms with Crippen molar-refractivity contribution in [3.8, 4) is 0 Å². The summed E-state index contributed by atoms with van der Waals surface area (Å²) in [6.07, 6.45) is 3.69. The lowest BCUT2D eigenvalue weighted by Crippen LogP contribution is -2.43. The summed E-state index contributed by atoms with van der Waals surface area (Å²) in [6, 6.07) is 0.444. The molecule has 2 rings (SSSR count). The zero-order valence-electron chi connectivity index (χ0n) is 13.1. The Labute approximate surface area is 130 Å². The van der Waals surface area contributed by atoms with Crippen molar-refractivity contribution in [2.75, 3.05) is 24.5 Å². The average Bonchev–Trinajstić information content (AvgIpc) is 2.91. The van der Waals surface area contributed by atoms with E-state index in [-0.39, 0.29) is 5.92 Å². The Hall–Kier alpha value is -1.14. The molecule has 1 aromatic heterocycles. The molecule has 0 spiro atoms. The Kier molecular flexibility index (Phi) is 5.58. The van der Waals surface area contributed by atoms with E-state index in [4.69, 9.17) is 0 Å². The summed E-state index contributed by atoms with van der Waals surface area (Å²) in [5.74, 6) is -0.892. The number of thiazole rings is 1. The number of anilines is 1. The second-order valence-corrected chi connectivity index (χ2v) is 6.77. The van der Waals surface area contributed by atoms with E-state index in [0.717, 1.165) is 37.6 Å². The van der Waals surface area contributed by atoms with Crippen molar-refractivity contribution in [2.24, 2.45) is 5.92 Å². The van der Waals surface area contributed by atoms with E-state index in [1.54, 1.807) is 11.3 Å². The number of aliphatic carboxylic acids is 1. The number of piperidine rings is 1. The zero-order chi connectivity index (χ0) is 15.4. The van der Waals surface area contributed by atoms with Crippen LogP contribution < -0.4 is 4.90 Å². The van der Waals surface area contributed by atoms with Crippen molar-refractivity contribution in [2.45, 2.75) is 46.2 Å². The molecule has 0 aromatic carbocycles. The number of carbonyl (C=O) groups is 1. The standard InChI is InChI=1S/C15H25N3O2S/c1-4-17(5-2)15-16-8-13(21-15)10-18-9-12(14(19)20)7-6-11(18)3/h8,11-12H,4-7,9-10H2,1-3H3,(H,19,20). The molecule has 0 radical (unpaired) electrons. The van der Waals surface area contributed by atoms with Crippen LogP contribution in [0.1, 0.15) is 38.5 Å². The highest BCUT2D eigenvalue weighted by Gasteiger charge is 2.30. The zero-order valence-corrected chi connectivity index (χ0v) is 13.9. The van der Waals surface area contributed by atoms with E-state index in [2.05, 4.69) is 35.6 Å². The first-order valence-electron chi connectivity index (χ1n) is 7.71. The van der Waals surface area contributed by atoms with E-state index in [1.165, 1.54) is 4.88 Å². The predicted molar refractivity (Wildman–Crippen MR) is 85.9 cm³/mol. The summed E-state index contributed by atoms with van der Waals surface area (Å²) in [5.41, 5.74) is 0. The summed E-state index contributed by atoms with van der Waals surface area (Å²) in [4.78, 5) is 21.4. The van der Waals surface area contributed by atoms with Gasteiger partial charge in [0.15, 0.2) is 5.13 Å². The lowest BCUT2D eigenvalue weighted by atomic mass is 9.93. The number of carboxylic acids is 1. The van der Waals surface area contributed by atoms with E-state index < -0.39 is 5.97 Å². The number of likely N-dealkylation sites (tertiary alicyclic amines) is 1. The highest BCUT2D eigenvalue weighted by Crippen LogP contribution is 2.28. The van der Waals surface area contributed by atoms with Gasteiger partial charge in [-0.15, -0.1) is 11.3 Å². The van der Waals surface area contributed by atoms with Crippen molar-refractivity contribution >= 4 is 22.4 Å². The fourth-order valence-electron chi connectivity index (χ4n) is 2.81. The van der Waals surface area contributed by atoms with Gasteiger partial charge in [0.05, 0.1) is 5.92 Å². The minimum atomic E-state index is -0.667. The molecule has 2 heterocycles. The lowest BCUT2D eigenvalue weighted by molar-refractivity contribution is -0.144. The third kappa shape index (κ3) is 3.95. The second kappa shape index (κ2) is 7.22. The summed E-state index contributed by atoms with van der Waals surface area (Å²) in [7, 11) is 0. The van der Waals surface area contributed by atoms with E-state index in [0.29, 0.717) is 12.6 Å². The Bertz CT molecular complexity index is 473. The molecule has 0 aliphatic carbocycles. The molecule has 1 fully saturated rings. The van der Waals surface area contributed by atoms with Crippen molar-refractivity contribution in [3.63, 3.8) is 0 Å². The number of aromatic nitrogens is 1. The molecule has 0 saturated carbocycles. The Morgan fingerprint density at radius 3 is 2.81 bits per heavy atom. The first-order chi connectivity index (χ1) is 10.0. The monoisotopic (exact) mass is 311 g/mol. The Morgan fingerprint density at radius 1 is 1.48 bits per heavy atom. The second-order valence-electron chi connectivity index (χ2n) is 5.67. The third-order valence-corrected chi connectivity index (χ3v) is 5.34. The molecule has 5 nitrogen and oxygen atoms in total. The molecule has 0 amide bonds. The van der Waals surface area contributed by atoms with Gasteiger partial charge in [0.2, 0.25) is 0 Å². The topological polar surface area (TPSA) is 56.7 Å². The van der Waals surface area contributed by atoms with Crippen LogP contribution in [0.25, 0.3) is 0 Å². The fraction of sp³-hybridized carbons (Fsp3) is 0.733. The van der Waals surface area contributed by atoms with Gasteiger partial charge in [0.1, 0.15) is 0 Å². The summed E-state index contributed by atoms with van der Waals surface area (Å²) >= 11 is 1.72. The smallest absolute Gasteiger partial charge is 0.307 e. The van der Waals surface area contributed by atoms with Crippen molar-refractivity contribution in [1.29, 1.82) is 0 Å². The number of rotatable bonds is 6. The molecular weight excluding hydrogens is 286 g/mol. The largest absolute Gasteiger partial charge is 0.481 e. The molecule has 1 aromatic rings. The van der Waals surface area contributed by atoms with Crippen LogP contribution in [0.4, 0.5) is 5.13 Å². The van der Waals surface area contributed by atoms with Crippen molar-refractivity contribution in [3.05, 3.63) is 11.1 Å². The van der Waals surface area contributed by atoms with Crippen molar-refractivity contribution < 1.29 is 9.90 Å². The van der Waals surface area contributed by atoms with Gasteiger partial charge in [-0.05, 0) is 33.6 Å². The van der Waals surface area contributed by atoms with Gasteiger partial charge >= 0.3 is 5.97 Å². The van der Waals surface area contributed by atoms with Crippen LogP contribution in [0.5, 0.6) is 0 Å². The maximum absolute atomic E-state index is 11.2. The quantitative estimate of drug-likeness (QED) is 0.875. The van der Waals surface area contributed by atoms with E-state index in [1.807, 2.05) is 6.20 Å². The van der Waals surface area contributed by atoms with Crippen LogP contribution in [-0.4, -0.2) is 46.6 Å². The molecule has 1 aliphatic rings. The van der Waals surface area contributed by atoms with Gasteiger partial charge in [0.25, 0.3) is 0 Å². The first-order valence-corrected chi connectivity index (χ1v) is 8.53. The number of hydrogen-bond donors (Lipinski definition) is 1. The van der Waals surface area contributed by atoms with Gasteiger partial charge in [0, 0.05) is 43.3 Å². The Morgan fingerprint density at radius 2 is 2.19 bits per heavy atom.